The molecule has 2 unspecified atom stereocenters. The number of anilines is 2. The van der Waals surface area contributed by atoms with E-state index in [2.05, 4.69) is 22.2 Å². The molecular weight excluding hydrogens is 554 g/mol. The first-order valence-electron chi connectivity index (χ1n) is 14.7. The number of halogens is 2. The molecule has 0 spiro atoms. The molecule has 11 heteroatoms. The van der Waals surface area contributed by atoms with Crippen molar-refractivity contribution in [2.24, 2.45) is 15.8 Å². The fourth-order valence-corrected chi connectivity index (χ4v) is 7.95. The Bertz CT molecular complexity index is 1470. The van der Waals surface area contributed by atoms with E-state index >= 15 is 8.78 Å². The number of piperazine rings is 1. The van der Waals surface area contributed by atoms with E-state index in [1.807, 2.05) is 57.9 Å². The Morgan fingerprint density at radius 2 is 1.69 bits per heavy atom. The van der Waals surface area contributed by atoms with E-state index in [0.717, 1.165) is 55.1 Å². The number of nitrogens with one attached hydrogen (secondary N) is 1. The van der Waals surface area contributed by atoms with Gasteiger partial charge in [0, 0.05) is 63.5 Å². The summed E-state index contributed by atoms with van der Waals surface area (Å²) in [7, 11) is 2.15. The number of rotatable bonds is 5. The molecule has 0 saturated carbocycles. The minimum Gasteiger partial charge on any atom is -0.370 e. The second-order valence-electron chi connectivity index (χ2n) is 11.6. The molecule has 7 rings (SSSR count). The highest BCUT2D eigenvalue weighted by Gasteiger charge is 2.50. The minimum absolute atomic E-state index is 0.0348. The molecule has 0 radical (unpaired) electrons. The fourth-order valence-electron chi connectivity index (χ4n) is 6.94. The molecule has 220 valence electrons. The van der Waals surface area contributed by atoms with Crippen LogP contribution >= 0.6 is 11.3 Å². The van der Waals surface area contributed by atoms with Gasteiger partial charge in [0.1, 0.15) is 17.3 Å². The zero-order valence-corrected chi connectivity index (χ0v) is 24.5. The van der Waals surface area contributed by atoms with Gasteiger partial charge in [0.05, 0.1) is 16.6 Å². The normalized spacial score (nSPS) is 25.4. The van der Waals surface area contributed by atoms with Crippen molar-refractivity contribution in [3.05, 3.63) is 81.5 Å². The predicted molar refractivity (Wildman–Crippen MR) is 165 cm³/mol. The SMILES string of the molecule is CN1CCN(C2CCN(c3c(F)cc(C4(N5N=CCC5c5ccccc5)N=C(N)Nc5ccsc54)cc3F)CC2)CC1. The van der Waals surface area contributed by atoms with Gasteiger partial charge in [-0.05, 0) is 49.0 Å². The van der Waals surface area contributed by atoms with Gasteiger partial charge < -0.3 is 20.9 Å². The van der Waals surface area contributed by atoms with Crippen LogP contribution in [0.5, 0.6) is 0 Å². The van der Waals surface area contributed by atoms with E-state index < -0.39 is 17.3 Å². The average molecular weight is 591 g/mol. The number of hydrazone groups is 1. The van der Waals surface area contributed by atoms with Crippen molar-refractivity contribution in [1.29, 1.82) is 0 Å². The highest BCUT2D eigenvalue weighted by molar-refractivity contribution is 7.10. The van der Waals surface area contributed by atoms with Crippen LogP contribution in [-0.2, 0) is 5.66 Å². The predicted octanol–water partition coefficient (Wildman–Crippen LogP) is 4.62. The van der Waals surface area contributed by atoms with Crippen LogP contribution in [0.4, 0.5) is 20.2 Å². The Balaban J connectivity index is 1.24. The lowest BCUT2D eigenvalue weighted by Gasteiger charge is -2.44. The van der Waals surface area contributed by atoms with Crippen molar-refractivity contribution < 1.29 is 8.78 Å². The van der Waals surface area contributed by atoms with Crippen molar-refractivity contribution in [2.75, 3.05) is 56.5 Å². The second-order valence-corrected chi connectivity index (χ2v) is 12.5. The first-order valence-corrected chi connectivity index (χ1v) is 15.6. The Morgan fingerprint density at radius 1 is 0.976 bits per heavy atom. The van der Waals surface area contributed by atoms with E-state index in [4.69, 9.17) is 15.8 Å². The molecule has 0 amide bonds. The van der Waals surface area contributed by atoms with Gasteiger partial charge in [-0.3, -0.25) is 9.91 Å². The van der Waals surface area contributed by atoms with Crippen molar-refractivity contribution in [3.63, 3.8) is 0 Å². The minimum atomic E-state index is -1.33. The van der Waals surface area contributed by atoms with Crippen LogP contribution in [0.3, 0.4) is 0 Å². The van der Waals surface area contributed by atoms with Gasteiger partial charge in [-0.2, -0.15) is 5.10 Å². The van der Waals surface area contributed by atoms with Gasteiger partial charge in [-0.25, -0.2) is 13.8 Å². The standard InChI is InChI=1S/C31H36F2N8S/c1-38-14-16-39(17-15-38)23-8-12-40(13-9-23)28-24(32)19-22(20-25(28)33)31(29-26(10-18-42-29)36-30(34)37-31)41-27(7-11-35-41)21-5-3-2-4-6-21/h2-6,10-11,18-20,23,27H,7-9,12-17H2,1H3,(H3,34,36,37). The molecule has 5 heterocycles. The van der Waals surface area contributed by atoms with Gasteiger partial charge in [0.15, 0.2) is 5.96 Å². The van der Waals surface area contributed by atoms with Gasteiger partial charge in [0.2, 0.25) is 5.66 Å². The van der Waals surface area contributed by atoms with Crippen LogP contribution in [0.2, 0.25) is 0 Å². The summed E-state index contributed by atoms with van der Waals surface area (Å²) in [4.78, 5) is 12.4. The number of nitrogens with two attached hydrogens (primary N) is 1. The molecule has 42 heavy (non-hydrogen) atoms. The monoisotopic (exact) mass is 590 g/mol. The quantitative estimate of drug-likeness (QED) is 0.452. The largest absolute Gasteiger partial charge is 0.370 e. The smallest absolute Gasteiger partial charge is 0.214 e. The molecule has 2 aromatic carbocycles. The molecule has 2 saturated heterocycles. The van der Waals surface area contributed by atoms with Crippen LogP contribution in [-0.4, -0.2) is 79.3 Å². The molecule has 2 atom stereocenters. The summed E-state index contributed by atoms with van der Waals surface area (Å²) in [5.74, 6) is -1.01. The van der Waals surface area contributed by atoms with Crippen molar-refractivity contribution in [1.82, 2.24) is 14.8 Å². The van der Waals surface area contributed by atoms with Gasteiger partial charge in [-0.15, -0.1) is 11.3 Å². The topological polar surface area (TPSA) is 75.7 Å². The van der Waals surface area contributed by atoms with Crippen LogP contribution < -0.4 is 16.0 Å². The zero-order chi connectivity index (χ0) is 28.8. The third kappa shape index (κ3) is 4.63. The Hall–Kier alpha value is -3.54. The number of fused-ring (bicyclic) bond motifs is 1. The summed E-state index contributed by atoms with van der Waals surface area (Å²) in [6.45, 7) is 5.46. The van der Waals surface area contributed by atoms with E-state index in [-0.39, 0.29) is 17.7 Å². The van der Waals surface area contributed by atoms with Crippen molar-refractivity contribution >= 4 is 34.9 Å². The highest BCUT2D eigenvalue weighted by atomic mass is 32.1. The lowest BCUT2D eigenvalue weighted by atomic mass is 9.91. The van der Waals surface area contributed by atoms with Gasteiger partial charge in [-0.1, -0.05) is 30.3 Å². The van der Waals surface area contributed by atoms with Crippen molar-refractivity contribution in [3.8, 4) is 0 Å². The maximum Gasteiger partial charge on any atom is 0.214 e. The molecular formula is C31H36F2N8S. The van der Waals surface area contributed by atoms with Crippen molar-refractivity contribution in [2.45, 2.75) is 37.0 Å². The van der Waals surface area contributed by atoms with Gasteiger partial charge >= 0.3 is 0 Å². The Morgan fingerprint density at radius 3 is 2.40 bits per heavy atom. The number of thiophene rings is 1. The first-order chi connectivity index (χ1) is 20.4. The van der Waals surface area contributed by atoms with Gasteiger partial charge in [0.25, 0.3) is 0 Å². The Kier molecular flexibility index (Phi) is 7.11. The van der Waals surface area contributed by atoms with E-state index in [1.165, 1.54) is 23.5 Å². The summed E-state index contributed by atoms with van der Waals surface area (Å²) in [5, 5.41) is 11.7. The molecule has 2 fully saturated rings. The third-order valence-corrected chi connectivity index (χ3v) is 10.1. The summed E-state index contributed by atoms with van der Waals surface area (Å²) < 4.78 is 32.3. The zero-order valence-electron chi connectivity index (χ0n) is 23.7. The lowest BCUT2D eigenvalue weighted by Crippen LogP contribution is -2.52. The number of hydrogen-bond acceptors (Lipinski definition) is 9. The number of guanidine groups is 1. The number of nitrogens with zero attached hydrogens (tertiary/aromatic N) is 6. The molecule has 0 bridgehead atoms. The molecule has 4 aliphatic rings. The first kappa shape index (κ1) is 27.3. The fraction of sp³-hybridized carbons (Fsp3) is 0.419. The number of piperidine rings is 1. The summed E-state index contributed by atoms with van der Waals surface area (Å²) in [6.07, 6.45) is 4.26. The van der Waals surface area contributed by atoms with Crippen LogP contribution in [0, 0.1) is 11.6 Å². The molecule has 1 aromatic heterocycles. The Labute approximate surface area is 249 Å². The third-order valence-electron chi connectivity index (χ3n) is 9.13. The molecule has 4 aliphatic heterocycles. The van der Waals surface area contributed by atoms with E-state index in [1.54, 1.807) is 0 Å². The number of aliphatic imine (C=N–C) groups is 1. The average Bonchev–Trinajstić information content (AvgIpc) is 3.68. The summed E-state index contributed by atoms with van der Waals surface area (Å²) in [6, 6.07) is 15.1. The summed E-state index contributed by atoms with van der Waals surface area (Å²) >= 11 is 1.47. The highest BCUT2D eigenvalue weighted by Crippen LogP contribution is 2.51. The number of likely N-dealkylation sites (N-methyl/N-ethyl adjacent to an activating group) is 1. The number of hydrogen-bond donors (Lipinski definition) is 2. The molecule has 3 N–H and O–H groups in total. The molecule has 8 nitrogen and oxygen atoms in total. The van der Waals surface area contributed by atoms with E-state index in [0.29, 0.717) is 31.1 Å². The summed E-state index contributed by atoms with van der Waals surface area (Å²) in [5.41, 5.74) is 7.21. The van der Waals surface area contributed by atoms with Crippen LogP contribution in [0.15, 0.2) is 64.0 Å². The lowest BCUT2D eigenvalue weighted by molar-refractivity contribution is 0.0975. The second kappa shape index (κ2) is 10.9. The maximum absolute atomic E-state index is 16.2. The molecule has 0 aliphatic carbocycles. The molecule has 3 aromatic rings. The van der Waals surface area contributed by atoms with Crippen LogP contribution in [0.1, 0.15) is 41.3 Å². The van der Waals surface area contributed by atoms with E-state index in [9.17, 15) is 0 Å². The van der Waals surface area contributed by atoms with Crippen LogP contribution in [0.25, 0.3) is 0 Å². The number of benzene rings is 2. The maximum atomic E-state index is 16.2.